The number of hydrogen-bond donors (Lipinski definition) is 5. The van der Waals surface area contributed by atoms with Crippen LogP contribution in [0.25, 0.3) is 0 Å². The van der Waals surface area contributed by atoms with Crippen LogP contribution in [0.15, 0.2) is 6.33 Å². The number of aromatic nitrogens is 2. The Bertz CT molecular complexity index is 1000. The molecular formula is C9H13N5O15P3-3. The molecule has 0 amide bonds. The van der Waals surface area contributed by atoms with Gasteiger partial charge in [0.25, 0.3) is 23.5 Å². The van der Waals surface area contributed by atoms with Gasteiger partial charge in [-0.2, -0.15) is 0 Å². The van der Waals surface area contributed by atoms with E-state index in [1.807, 2.05) is 0 Å². The zero-order chi connectivity index (χ0) is 24.5. The number of phosphoric acid groups is 3. The zero-order valence-electron chi connectivity index (χ0n) is 15.1. The lowest BCUT2D eigenvalue weighted by atomic mass is 10.1. The monoisotopic (exact) mass is 524 g/mol. The van der Waals surface area contributed by atoms with Crippen molar-refractivity contribution in [3.05, 3.63) is 16.4 Å². The second kappa shape index (κ2) is 9.70. The van der Waals surface area contributed by atoms with Gasteiger partial charge in [-0.15, -0.1) is 0 Å². The van der Waals surface area contributed by atoms with Gasteiger partial charge < -0.3 is 50.1 Å². The number of nitro groups is 1. The van der Waals surface area contributed by atoms with E-state index in [0.29, 0.717) is 0 Å². The zero-order valence-corrected chi connectivity index (χ0v) is 17.8. The number of anilines is 2. The molecule has 0 aromatic carbocycles. The lowest BCUT2D eigenvalue weighted by Crippen LogP contribution is -2.37. The van der Waals surface area contributed by atoms with Gasteiger partial charge >= 0.3 is 5.69 Å². The summed E-state index contributed by atoms with van der Waals surface area (Å²) in [6.45, 7) is -1.18. The number of aliphatic hydroxyl groups is 2. The summed E-state index contributed by atoms with van der Waals surface area (Å²) in [6, 6.07) is 0. The highest BCUT2D eigenvalue weighted by Gasteiger charge is 2.44. The summed E-state index contributed by atoms with van der Waals surface area (Å²) in [5.74, 6) is -1.06. The van der Waals surface area contributed by atoms with Crippen molar-refractivity contribution in [2.24, 2.45) is 0 Å². The molecular weight excluding hydrogens is 511 g/mol. The number of phosphoric ester groups is 1. The minimum Gasteiger partial charge on any atom is -0.756 e. The fourth-order valence-corrected chi connectivity index (χ4v) is 5.17. The fraction of sp³-hybridized carbons (Fsp3) is 0.556. The number of aliphatic hydroxyl groups excluding tert-OH is 2. The van der Waals surface area contributed by atoms with Crippen LogP contribution in [0, 0.1) is 10.1 Å². The van der Waals surface area contributed by atoms with Crippen LogP contribution in [0.3, 0.4) is 0 Å². The lowest BCUT2D eigenvalue weighted by Gasteiger charge is -2.33. The molecule has 0 radical (unpaired) electrons. The van der Waals surface area contributed by atoms with Gasteiger partial charge in [-0.1, -0.05) is 0 Å². The summed E-state index contributed by atoms with van der Waals surface area (Å²) in [5, 5.41) is 33.3. The van der Waals surface area contributed by atoms with Crippen LogP contribution in [0.2, 0.25) is 0 Å². The first-order valence-electron chi connectivity index (χ1n) is 7.77. The molecule has 1 aromatic heterocycles. The van der Waals surface area contributed by atoms with E-state index in [4.69, 9.17) is 15.4 Å². The summed E-state index contributed by atoms with van der Waals surface area (Å²) in [5.41, 5.74) is 4.58. The summed E-state index contributed by atoms with van der Waals surface area (Å²) in [4.78, 5) is 58.4. The van der Waals surface area contributed by atoms with Crippen LogP contribution in [0.4, 0.5) is 17.3 Å². The molecule has 0 saturated carbocycles. The summed E-state index contributed by atoms with van der Waals surface area (Å²) in [7, 11) is -17.9. The molecule has 0 aliphatic carbocycles. The van der Waals surface area contributed by atoms with Crippen molar-refractivity contribution in [1.82, 2.24) is 9.97 Å². The van der Waals surface area contributed by atoms with Crippen molar-refractivity contribution in [1.29, 1.82) is 0 Å². The third-order valence-corrected chi connectivity index (χ3v) is 7.17. The third-order valence-electron chi connectivity index (χ3n) is 3.47. The maximum Gasteiger partial charge on any atom is 0.353 e. The number of nitrogens with two attached hydrogens (primary N) is 1. The Balaban J connectivity index is 2.04. The van der Waals surface area contributed by atoms with E-state index in [1.54, 1.807) is 0 Å². The first-order chi connectivity index (χ1) is 14.5. The number of rotatable bonds is 10. The Morgan fingerprint density at radius 2 is 1.78 bits per heavy atom. The molecule has 1 aliphatic rings. The molecule has 1 aliphatic heterocycles. The van der Waals surface area contributed by atoms with Gasteiger partial charge in [-0.25, -0.2) is 18.6 Å². The van der Waals surface area contributed by atoms with E-state index in [-0.39, 0.29) is 0 Å². The van der Waals surface area contributed by atoms with Crippen LogP contribution in [0.1, 0.15) is 0 Å². The van der Waals surface area contributed by atoms with Gasteiger partial charge in [0.2, 0.25) is 11.6 Å². The molecule has 0 bridgehead atoms. The van der Waals surface area contributed by atoms with Crippen LogP contribution in [-0.2, 0) is 31.6 Å². The predicted octanol–water partition coefficient (Wildman–Crippen LogP) is -3.73. The largest absolute Gasteiger partial charge is 0.756 e. The van der Waals surface area contributed by atoms with E-state index >= 15 is 0 Å². The van der Waals surface area contributed by atoms with Crippen molar-refractivity contribution in [2.45, 2.75) is 24.5 Å². The standard InChI is InChI=1S/C9H16N5O15P3/c10-7-4(14(17)18)8(12-2-11-7)13-9-6(16)5(15)3(27-9)1-26-31(22,23)29-32(24,25)28-30(19,20)21/h2-3,5-6,9,15-16H,1H2,(H,22,23)(H,24,25)(H2,19,20,21)(H3,10,11,12,13)/p-3/t3-,5-,6-,9-/m1/s1. The maximum atomic E-state index is 11.5. The van der Waals surface area contributed by atoms with Crippen molar-refractivity contribution < 1.29 is 66.3 Å². The molecule has 20 nitrogen and oxygen atoms in total. The van der Waals surface area contributed by atoms with Gasteiger partial charge in [0.1, 0.15) is 24.6 Å². The third kappa shape index (κ3) is 7.19. The number of nitrogens with zero attached hydrogens (tertiary/aromatic N) is 3. The average molecular weight is 524 g/mol. The van der Waals surface area contributed by atoms with Gasteiger partial charge in [-0.05, 0) is 0 Å². The molecule has 32 heavy (non-hydrogen) atoms. The molecule has 6 N–H and O–H groups in total. The SMILES string of the molecule is Nc1ncnc(N[C@@H]2O[C@H](COP(=O)([O-])OP(=O)([O-])OP(=O)([O-])O)[C@@H](O)[C@H]2O)c1[N+](=O)[O-]. The van der Waals surface area contributed by atoms with E-state index < -0.39 is 76.9 Å². The van der Waals surface area contributed by atoms with Crippen LogP contribution in [-0.4, -0.2) is 61.1 Å². The van der Waals surface area contributed by atoms with Gasteiger partial charge in [0.15, 0.2) is 6.23 Å². The van der Waals surface area contributed by atoms with Gasteiger partial charge in [-0.3, -0.25) is 23.8 Å². The quantitative estimate of drug-likeness (QED) is 0.111. The normalized spacial score (nSPS) is 28.9. The van der Waals surface area contributed by atoms with Gasteiger partial charge in [0.05, 0.1) is 11.5 Å². The van der Waals surface area contributed by atoms with Crippen LogP contribution < -0.4 is 25.7 Å². The summed E-state index contributed by atoms with van der Waals surface area (Å²) < 4.78 is 48.7. The molecule has 182 valence electrons. The second-order valence-electron chi connectivity index (χ2n) is 5.76. The van der Waals surface area contributed by atoms with Crippen molar-refractivity contribution >= 4 is 40.8 Å². The Kier molecular flexibility index (Phi) is 8.07. The molecule has 23 heteroatoms. The molecule has 2 rings (SSSR count). The van der Waals surface area contributed by atoms with Crippen molar-refractivity contribution in [3.63, 3.8) is 0 Å². The Hall–Kier alpha value is -1.63. The number of hydrogen-bond acceptors (Lipinski definition) is 18. The topological polar surface area (TPSA) is 325 Å². The van der Waals surface area contributed by atoms with E-state index in [0.717, 1.165) is 6.33 Å². The molecule has 1 aromatic rings. The number of ether oxygens (including phenoxy) is 1. The van der Waals surface area contributed by atoms with E-state index in [9.17, 15) is 48.7 Å². The van der Waals surface area contributed by atoms with E-state index in [1.165, 1.54) is 0 Å². The average Bonchev–Trinajstić information content (AvgIpc) is 2.84. The number of nitrogens with one attached hydrogen (secondary N) is 1. The highest BCUT2D eigenvalue weighted by Crippen LogP contribution is 2.61. The molecule has 3 unspecified atom stereocenters. The maximum absolute atomic E-state index is 11.5. The second-order valence-corrected chi connectivity index (χ2v) is 10.0. The smallest absolute Gasteiger partial charge is 0.353 e. The first kappa shape index (κ1) is 26.6. The molecule has 1 saturated heterocycles. The van der Waals surface area contributed by atoms with Gasteiger partial charge in [0, 0.05) is 0 Å². The molecule has 7 atom stereocenters. The van der Waals surface area contributed by atoms with Crippen molar-refractivity contribution in [3.8, 4) is 0 Å². The highest BCUT2D eigenvalue weighted by molar-refractivity contribution is 7.65. The minimum atomic E-state index is -6.13. The predicted molar refractivity (Wildman–Crippen MR) is 90.6 cm³/mol. The Labute approximate surface area is 176 Å². The highest BCUT2D eigenvalue weighted by atomic mass is 31.3. The molecule has 0 spiro atoms. The summed E-state index contributed by atoms with van der Waals surface area (Å²) in [6.07, 6.45) is -6.17. The minimum absolute atomic E-state index is 0.520. The molecule has 1 fully saturated rings. The Morgan fingerprint density at radius 1 is 1.16 bits per heavy atom. The van der Waals surface area contributed by atoms with Crippen LogP contribution in [0.5, 0.6) is 0 Å². The lowest BCUT2D eigenvalue weighted by molar-refractivity contribution is -0.383. The first-order valence-corrected chi connectivity index (χ1v) is 12.2. The summed E-state index contributed by atoms with van der Waals surface area (Å²) >= 11 is 0. The van der Waals surface area contributed by atoms with Crippen LogP contribution >= 0.6 is 23.5 Å². The van der Waals surface area contributed by atoms with E-state index in [2.05, 4.69) is 28.4 Å². The number of nitrogen functional groups attached to an aromatic ring is 1. The van der Waals surface area contributed by atoms with Crippen molar-refractivity contribution in [2.75, 3.05) is 17.7 Å². The Morgan fingerprint density at radius 3 is 2.34 bits per heavy atom. The molecule has 2 heterocycles. The fourth-order valence-electron chi connectivity index (χ4n) is 2.27.